The van der Waals surface area contributed by atoms with Gasteiger partial charge in [-0.2, -0.15) is 0 Å². The third kappa shape index (κ3) is 6.76. The van der Waals surface area contributed by atoms with E-state index in [1.807, 2.05) is 25.1 Å². The second kappa shape index (κ2) is 14.0. The normalized spacial score (nSPS) is 37.0. The molecule has 2 aliphatic carbocycles. The summed E-state index contributed by atoms with van der Waals surface area (Å²) in [6.07, 6.45) is 6.90. The zero-order valence-corrected chi connectivity index (χ0v) is 32.3. The lowest BCUT2D eigenvalue weighted by molar-refractivity contribution is -0.255. The summed E-state index contributed by atoms with van der Waals surface area (Å²) < 4.78 is 49.4. The maximum atomic E-state index is 13.6. The van der Waals surface area contributed by atoms with Crippen molar-refractivity contribution in [1.82, 2.24) is 9.62 Å². The Morgan fingerprint density at radius 3 is 2.50 bits per heavy atom. The summed E-state index contributed by atoms with van der Waals surface area (Å²) in [5.41, 5.74) is 3.33. The second-order valence-corrected chi connectivity index (χ2v) is 19.6. The highest BCUT2D eigenvalue weighted by Gasteiger charge is 2.52. The molecule has 1 spiro atoms. The summed E-state index contributed by atoms with van der Waals surface area (Å²) >= 11 is 6.50. The van der Waals surface area contributed by atoms with Crippen molar-refractivity contribution in [2.75, 3.05) is 50.9 Å². The van der Waals surface area contributed by atoms with E-state index in [-0.39, 0.29) is 41.1 Å². The lowest BCUT2D eigenvalue weighted by Crippen LogP contribution is -2.61. The van der Waals surface area contributed by atoms with Crippen LogP contribution in [0, 0.1) is 23.2 Å². The number of nitrogens with one attached hydrogen (secondary N) is 1. The van der Waals surface area contributed by atoms with Gasteiger partial charge in [0.1, 0.15) is 5.75 Å². The molecule has 2 aromatic rings. The van der Waals surface area contributed by atoms with Gasteiger partial charge < -0.3 is 24.2 Å². The molecule has 1 amide bonds. The van der Waals surface area contributed by atoms with E-state index in [0.29, 0.717) is 63.1 Å². The van der Waals surface area contributed by atoms with Crippen molar-refractivity contribution >= 4 is 33.2 Å². The number of anilines is 1. The Hall–Kier alpha value is -2.41. The highest BCUT2D eigenvalue weighted by molar-refractivity contribution is 7.90. The molecule has 0 radical (unpaired) electrons. The van der Waals surface area contributed by atoms with E-state index in [4.69, 9.17) is 25.8 Å². The first kappa shape index (κ1) is 36.6. The zero-order valence-electron chi connectivity index (χ0n) is 30.7. The number of nitrogens with zero attached hydrogens (tertiary/aromatic N) is 2. The molecule has 12 heteroatoms. The fourth-order valence-electron chi connectivity index (χ4n) is 10.2. The van der Waals surface area contributed by atoms with Gasteiger partial charge >= 0.3 is 0 Å². The average molecular weight is 756 g/mol. The van der Waals surface area contributed by atoms with Gasteiger partial charge in [0.25, 0.3) is 5.91 Å². The average Bonchev–Trinajstić information content (AvgIpc) is 3.25. The number of amides is 1. The van der Waals surface area contributed by atoms with Gasteiger partial charge in [0.05, 0.1) is 42.9 Å². The molecule has 2 bridgehead atoms. The SMILES string of the molecule is C[C@@H]1[C@@H](C)CCC[C@H](C2OCC(N3CC(O)C3)CO2)[C@@H]2CCC2(C)CN2C[C@@]3(CCCc4cc(Cl)ccc43)COc3ccc(cc32)C(=O)NS1(=O)=O. The molecule has 2 aromatic carbocycles. The Bertz CT molecular complexity index is 1780. The van der Waals surface area contributed by atoms with Crippen molar-refractivity contribution < 1.29 is 32.5 Å². The number of aliphatic hydroxyl groups is 1. The molecular formula is C40H54ClN3O7S. The van der Waals surface area contributed by atoms with Gasteiger partial charge in [-0.15, -0.1) is 0 Å². The first-order valence-electron chi connectivity index (χ1n) is 19.4. The van der Waals surface area contributed by atoms with E-state index < -0.39 is 21.2 Å². The van der Waals surface area contributed by atoms with Crippen LogP contribution >= 0.6 is 11.6 Å². The maximum Gasteiger partial charge on any atom is 0.264 e. The van der Waals surface area contributed by atoms with Crippen LogP contribution in [-0.4, -0.2) is 94.0 Å². The van der Waals surface area contributed by atoms with E-state index in [1.165, 1.54) is 11.1 Å². The number of fused-ring (bicyclic) bond motifs is 4. The Labute approximate surface area is 313 Å². The van der Waals surface area contributed by atoms with E-state index in [1.54, 1.807) is 13.0 Å². The third-order valence-electron chi connectivity index (χ3n) is 13.7. The first-order valence-corrected chi connectivity index (χ1v) is 21.3. The van der Waals surface area contributed by atoms with Gasteiger partial charge in [0.15, 0.2) is 6.29 Å². The topological polar surface area (TPSA) is 118 Å². The Morgan fingerprint density at radius 2 is 1.77 bits per heavy atom. The van der Waals surface area contributed by atoms with Crippen LogP contribution in [0.2, 0.25) is 5.02 Å². The number of hydrogen-bond acceptors (Lipinski definition) is 9. The van der Waals surface area contributed by atoms with Gasteiger partial charge in [-0.1, -0.05) is 37.9 Å². The summed E-state index contributed by atoms with van der Waals surface area (Å²) in [7, 11) is -3.93. The Balaban J connectivity index is 1.16. The summed E-state index contributed by atoms with van der Waals surface area (Å²) in [6.45, 7) is 10.5. The number of sulfonamides is 1. The number of benzene rings is 2. The monoisotopic (exact) mass is 755 g/mol. The number of carbonyl (C=O) groups excluding carboxylic acids is 1. The van der Waals surface area contributed by atoms with Crippen molar-refractivity contribution in [2.24, 2.45) is 23.2 Å². The van der Waals surface area contributed by atoms with Gasteiger partial charge in [-0.25, -0.2) is 13.1 Å². The van der Waals surface area contributed by atoms with Gasteiger partial charge in [-0.05, 0) is 111 Å². The number of rotatable bonds is 2. The molecular weight excluding hydrogens is 702 g/mol. The number of aryl methyl sites for hydroxylation is 1. The van der Waals surface area contributed by atoms with Crippen molar-refractivity contribution in [1.29, 1.82) is 0 Å². The minimum absolute atomic E-state index is 0.0618. The van der Waals surface area contributed by atoms with Crippen LogP contribution in [-0.2, 0) is 31.3 Å². The van der Waals surface area contributed by atoms with Gasteiger partial charge in [-0.3, -0.25) is 9.69 Å². The summed E-state index contributed by atoms with van der Waals surface area (Å²) in [6, 6.07) is 11.8. The molecule has 2 N–H and O–H groups in total. The highest BCUT2D eigenvalue weighted by atomic mass is 35.5. The first-order chi connectivity index (χ1) is 24.8. The second-order valence-electron chi connectivity index (χ2n) is 17.1. The minimum Gasteiger partial charge on any atom is -0.490 e. The standard InChI is InChI=1S/C40H54ClN3O7S/c1-25-6-4-8-32(38-49-20-30(21-50-38)43-18-31(45)19-43)34-13-15-39(34,3)22-44-23-40(14-5-7-27-16-29(41)10-11-33(27)40)24-51-36-12-9-28(17-35(36)44)37(46)42-52(47,48)26(25)2/h9-12,16-17,25-26,30-32,34,38,45H,4-8,13-15,18-24H2,1-3H3,(H,42,46)/t25-,26+,30?,32-,34-,38?,39?,40-/m0/s1. The van der Waals surface area contributed by atoms with E-state index in [2.05, 4.69) is 33.6 Å². The molecule has 8 rings (SSSR count). The number of likely N-dealkylation sites (tertiary alicyclic amines) is 1. The number of ether oxygens (including phenoxy) is 3. The molecule has 284 valence electrons. The molecule has 2 saturated heterocycles. The number of aliphatic hydroxyl groups excluding tert-OH is 1. The van der Waals surface area contributed by atoms with Crippen LogP contribution < -0.4 is 14.4 Å². The molecule has 1 unspecified atom stereocenters. The van der Waals surface area contributed by atoms with E-state index in [0.717, 1.165) is 62.2 Å². The van der Waals surface area contributed by atoms with Crippen LogP contribution in [0.3, 0.4) is 0 Å². The Morgan fingerprint density at radius 1 is 0.981 bits per heavy atom. The number of hydrogen-bond donors (Lipinski definition) is 2. The Kier molecular flexibility index (Phi) is 9.86. The molecule has 52 heavy (non-hydrogen) atoms. The van der Waals surface area contributed by atoms with Crippen LogP contribution in [0.1, 0.15) is 87.2 Å². The lowest BCUT2D eigenvalue weighted by atomic mass is 9.55. The number of halogens is 1. The minimum atomic E-state index is -3.93. The smallest absolute Gasteiger partial charge is 0.264 e. The van der Waals surface area contributed by atoms with E-state index in [9.17, 15) is 18.3 Å². The molecule has 3 fully saturated rings. The molecule has 10 nitrogen and oxygen atoms in total. The van der Waals surface area contributed by atoms with Gasteiger partial charge in [0, 0.05) is 48.1 Å². The quantitative estimate of drug-likeness (QED) is 0.408. The van der Waals surface area contributed by atoms with Crippen molar-refractivity contribution in [3.63, 3.8) is 0 Å². The maximum absolute atomic E-state index is 13.6. The van der Waals surface area contributed by atoms with Crippen molar-refractivity contribution in [3.8, 4) is 5.75 Å². The predicted molar refractivity (Wildman–Crippen MR) is 200 cm³/mol. The highest BCUT2D eigenvalue weighted by Crippen LogP contribution is 2.55. The van der Waals surface area contributed by atoms with Crippen LogP contribution in [0.25, 0.3) is 0 Å². The number of β-amino-alcohol motifs (C(OH)–C–C–N with tert-alkyl or cyclic N) is 1. The zero-order chi connectivity index (χ0) is 36.4. The molecule has 6 aliphatic rings. The van der Waals surface area contributed by atoms with Crippen LogP contribution in [0.5, 0.6) is 5.75 Å². The fourth-order valence-corrected chi connectivity index (χ4v) is 11.7. The summed E-state index contributed by atoms with van der Waals surface area (Å²) in [4.78, 5) is 18.3. The molecule has 6 atom stereocenters. The van der Waals surface area contributed by atoms with E-state index >= 15 is 0 Å². The van der Waals surface area contributed by atoms with Crippen LogP contribution in [0.4, 0.5) is 5.69 Å². The van der Waals surface area contributed by atoms with Crippen LogP contribution in [0.15, 0.2) is 36.4 Å². The molecule has 0 aromatic heterocycles. The molecule has 4 aliphatic heterocycles. The molecule has 1 saturated carbocycles. The van der Waals surface area contributed by atoms with Gasteiger partial charge in [0.2, 0.25) is 10.0 Å². The van der Waals surface area contributed by atoms with Crippen molar-refractivity contribution in [3.05, 3.63) is 58.1 Å². The summed E-state index contributed by atoms with van der Waals surface area (Å²) in [5, 5.41) is 9.87. The largest absolute Gasteiger partial charge is 0.490 e. The summed E-state index contributed by atoms with van der Waals surface area (Å²) in [5.74, 6) is 0.418. The van der Waals surface area contributed by atoms with Crippen molar-refractivity contribution in [2.45, 2.75) is 101 Å². The lowest BCUT2D eigenvalue weighted by Gasteiger charge is -2.55. The molecule has 4 heterocycles. The number of carbonyl (C=O) groups is 1. The fraction of sp³-hybridized carbons (Fsp3) is 0.675. The third-order valence-corrected chi connectivity index (χ3v) is 15.8. The predicted octanol–water partition coefficient (Wildman–Crippen LogP) is 5.53.